The van der Waals surface area contributed by atoms with Gasteiger partial charge in [0.25, 0.3) is 5.91 Å². The lowest BCUT2D eigenvalue weighted by Gasteiger charge is -2.19. The Morgan fingerprint density at radius 1 is 1.05 bits per heavy atom. The standard InChI is InChI=1S/C30H31N3O5S/c1-7-38-29(36)26-19(4)27(31-20(26)5)25(34)16-39-30-32-24(15-21-8-10-23(37-6)11-9-21)28(35)33(30)22-13-17(2)12-18(3)14-22/h8-15,31H,7,16H2,1-6H3/b24-15+. The number of carbonyl (C=O) groups excluding carboxylic acids is 3. The summed E-state index contributed by atoms with van der Waals surface area (Å²) in [7, 11) is 1.60. The summed E-state index contributed by atoms with van der Waals surface area (Å²) in [4.78, 5) is 48.4. The molecule has 39 heavy (non-hydrogen) atoms. The average Bonchev–Trinajstić information content (AvgIpc) is 3.37. The van der Waals surface area contributed by atoms with Gasteiger partial charge < -0.3 is 14.5 Å². The molecule has 0 saturated carbocycles. The maximum Gasteiger partial charge on any atom is 0.340 e. The van der Waals surface area contributed by atoms with E-state index in [1.54, 1.807) is 38.9 Å². The van der Waals surface area contributed by atoms with Crippen LogP contribution in [0.4, 0.5) is 5.69 Å². The number of nitrogens with one attached hydrogen (secondary N) is 1. The van der Waals surface area contributed by atoms with Crippen molar-refractivity contribution in [3.05, 3.63) is 87.4 Å². The molecule has 202 valence electrons. The van der Waals surface area contributed by atoms with Gasteiger partial charge in [-0.05, 0) is 87.2 Å². The van der Waals surface area contributed by atoms with Gasteiger partial charge in [-0.15, -0.1) is 0 Å². The van der Waals surface area contributed by atoms with Crippen molar-refractivity contribution in [2.24, 2.45) is 4.99 Å². The summed E-state index contributed by atoms with van der Waals surface area (Å²) in [6, 6.07) is 13.2. The largest absolute Gasteiger partial charge is 0.497 e. The van der Waals surface area contributed by atoms with Gasteiger partial charge in [0.1, 0.15) is 11.4 Å². The highest BCUT2D eigenvalue weighted by molar-refractivity contribution is 8.14. The first-order chi connectivity index (χ1) is 18.6. The molecule has 0 fully saturated rings. The Bertz CT molecular complexity index is 1480. The van der Waals surface area contributed by atoms with Crippen LogP contribution in [-0.4, -0.2) is 47.3 Å². The molecule has 4 rings (SSSR count). The van der Waals surface area contributed by atoms with Crippen LogP contribution in [0.1, 0.15) is 55.7 Å². The Morgan fingerprint density at radius 3 is 2.33 bits per heavy atom. The highest BCUT2D eigenvalue weighted by Crippen LogP contribution is 2.31. The highest BCUT2D eigenvalue weighted by atomic mass is 32.2. The van der Waals surface area contributed by atoms with Gasteiger partial charge >= 0.3 is 5.97 Å². The minimum Gasteiger partial charge on any atom is -0.497 e. The number of carbonyl (C=O) groups is 3. The fourth-order valence-corrected chi connectivity index (χ4v) is 5.38. The Hall–Kier alpha value is -4.11. The van der Waals surface area contributed by atoms with Gasteiger partial charge in [-0.25, -0.2) is 9.79 Å². The number of methoxy groups -OCH3 is 1. The molecule has 0 radical (unpaired) electrons. The van der Waals surface area contributed by atoms with Crippen LogP contribution >= 0.6 is 11.8 Å². The first-order valence-corrected chi connectivity index (χ1v) is 13.5. The van der Waals surface area contributed by atoms with Crippen molar-refractivity contribution in [1.82, 2.24) is 4.98 Å². The Labute approximate surface area is 232 Å². The molecule has 1 aliphatic rings. The number of amidine groups is 1. The van der Waals surface area contributed by atoms with E-state index in [2.05, 4.69) is 9.98 Å². The Balaban J connectivity index is 1.64. The van der Waals surface area contributed by atoms with Crippen molar-refractivity contribution < 1.29 is 23.9 Å². The molecule has 3 aromatic rings. The third-order valence-electron chi connectivity index (χ3n) is 6.24. The molecular formula is C30H31N3O5S. The van der Waals surface area contributed by atoms with Crippen LogP contribution in [0.3, 0.4) is 0 Å². The van der Waals surface area contributed by atoms with Crippen LogP contribution in [0.15, 0.2) is 53.2 Å². The highest BCUT2D eigenvalue weighted by Gasteiger charge is 2.33. The minimum absolute atomic E-state index is 0.0201. The van der Waals surface area contributed by atoms with Crippen LogP contribution in [0, 0.1) is 27.7 Å². The van der Waals surface area contributed by atoms with Crippen molar-refractivity contribution in [3.63, 3.8) is 0 Å². The topological polar surface area (TPSA) is 101 Å². The SMILES string of the molecule is CCOC(=O)c1c(C)[nH]c(C(=O)CSC2=N/C(=C/c3ccc(OC)cc3)C(=O)N2c2cc(C)cc(C)c2)c1C. The molecular weight excluding hydrogens is 514 g/mol. The number of aryl methyl sites for hydroxylation is 3. The number of nitrogens with zero attached hydrogens (tertiary/aromatic N) is 2. The zero-order valence-electron chi connectivity index (χ0n) is 22.9. The number of aromatic nitrogens is 1. The third kappa shape index (κ3) is 5.98. The monoisotopic (exact) mass is 545 g/mol. The molecule has 1 aliphatic heterocycles. The van der Waals surface area contributed by atoms with Crippen LogP contribution in [-0.2, 0) is 9.53 Å². The number of anilines is 1. The third-order valence-corrected chi connectivity index (χ3v) is 7.18. The summed E-state index contributed by atoms with van der Waals surface area (Å²) in [5.74, 6) is -0.213. The number of aromatic amines is 1. The van der Waals surface area contributed by atoms with E-state index >= 15 is 0 Å². The second-order valence-corrected chi connectivity index (χ2v) is 10.2. The normalized spacial score (nSPS) is 14.1. The fraction of sp³-hybridized carbons (Fsp3) is 0.267. The summed E-state index contributed by atoms with van der Waals surface area (Å²) in [5, 5.41) is 0.407. The lowest BCUT2D eigenvalue weighted by Crippen LogP contribution is -2.31. The number of amides is 1. The number of Topliss-reactive ketones (excluding diaryl/α,β-unsaturated/α-hetero) is 1. The molecule has 2 aromatic carbocycles. The van der Waals surface area contributed by atoms with Gasteiger partial charge in [-0.1, -0.05) is 30.0 Å². The first-order valence-electron chi connectivity index (χ1n) is 12.5. The van der Waals surface area contributed by atoms with Crippen LogP contribution in [0.25, 0.3) is 6.08 Å². The van der Waals surface area contributed by atoms with Gasteiger partial charge in [-0.3, -0.25) is 14.5 Å². The molecule has 0 spiro atoms. The molecule has 8 nitrogen and oxygen atoms in total. The number of rotatable bonds is 8. The van der Waals surface area contributed by atoms with Gasteiger partial charge in [0.2, 0.25) is 0 Å². The molecule has 9 heteroatoms. The molecule has 1 aromatic heterocycles. The molecule has 2 heterocycles. The smallest absolute Gasteiger partial charge is 0.340 e. The van der Waals surface area contributed by atoms with Crippen LogP contribution in [0.5, 0.6) is 5.75 Å². The van der Waals surface area contributed by atoms with E-state index in [0.717, 1.165) is 16.7 Å². The van der Waals surface area contributed by atoms with Gasteiger partial charge in [0.05, 0.1) is 36.4 Å². The zero-order valence-corrected chi connectivity index (χ0v) is 23.7. The van der Waals surface area contributed by atoms with E-state index < -0.39 is 5.97 Å². The lowest BCUT2D eigenvalue weighted by molar-refractivity contribution is -0.113. The van der Waals surface area contributed by atoms with Gasteiger partial charge in [-0.2, -0.15) is 0 Å². The van der Waals surface area contributed by atoms with E-state index in [9.17, 15) is 14.4 Å². The molecule has 0 unspecified atom stereocenters. The first kappa shape index (κ1) is 27.9. The summed E-state index contributed by atoms with van der Waals surface area (Å²) in [6.45, 7) is 9.38. The number of hydrogen-bond acceptors (Lipinski definition) is 7. The van der Waals surface area contributed by atoms with Gasteiger partial charge in [0, 0.05) is 5.69 Å². The Morgan fingerprint density at radius 2 is 1.72 bits per heavy atom. The summed E-state index contributed by atoms with van der Waals surface area (Å²) in [5.41, 5.74) is 5.62. The average molecular weight is 546 g/mol. The lowest BCUT2D eigenvalue weighted by atomic mass is 10.1. The quantitative estimate of drug-likeness (QED) is 0.218. The van der Waals surface area contributed by atoms with Crippen molar-refractivity contribution in [3.8, 4) is 5.75 Å². The second kappa shape index (κ2) is 11.7. The number of hydrogen-bond donors (Lipinski definition) is 1. The second-order valence-electron chi connectivity index (χ2n) is 9.24. The summed E-state index contributed by atoms with van der Waals surface area (Å²) < 4.78 is 10.4. The van der Waals surface area contributed by atoms with E-state index in [-0.39, 0.29) is 29.7 Å². The summed E-state index contributed by atoms with van der Waals surface area (Å²) in [6.07, 6.45) is 1.72. The molecule has 0 bridgehead atoms. The van der Waals surface area contributed by atoms with E-state index in [1.807, 2.05) is 56.3 Å². The van der Waals surface area contributed by atoms with Crippen LogP contribution in [0.2, 0.25) is 0 Å². The van der Waals surface area contributed by atoms with Crippen molar-refractivity contribution in [2.45, 2.75) is 34.6 Å². The maximum absolute atomic E-state index is 13.6. The zero-order chi connectivity index (χ0) is 28.3. The van der Waals surface area contributed by atoms with Crippen molar-refractivity contribution in [2.75, 3.05) is 24.4 Å². The number of aliphatic imine (C=N–C) groups is 1. The fourth-order valence-electron chi connectivity index (χ4n) is 4.50. The van der Waals surface area contributed by atoms with E-state index in [4.69, 9.17) is 9.47 Å². The van der Waals surface area contributed by atoms with E-state index in [1.165, 1.54) is 11.8 Å². The Kier molecular flexibility index (Phi) is 8.40. The predicted molar refractivity (Wildman–Crippen MR) is 155 cm³/mol. The van der Waals surface area contributed by atoms with Crippen molar-refractivity contribution in [1.29, 1.82) is 0 Å². The molecule has 0 aliphatic carbocycles. The van der Waals surface area contributed by atoms with Gasteiger partial charge in [0.15, 0.2) is 11.0 Å². The number of thioether (sulfide) groups is 1. The number of ketones is 1. The molecule has 0 saturated heterocycles. The molecule has 1 N–H and O–H groups in total. The van der Waals surface area contributed by atoms with E-state index in [0.29, 0.717) is 39.1 Å². The number of H-pyrrole nitrogens is 1. The number of ether oxygens (including phenoxy) is 2. The molecule has 1 amide bonds. The van der Waals surface area contributed by atoms with Crippen molar-refractivity contribution >= 4 is 46.4 Å². The predicted octanol–water partition coefficient (Wildman–Crippen LogP) is 5.79. The molecule has 0 atom stereocenters. The number of benzene rings is 2. The summed E-state index contributed by atoms with van der Waals surface area (Å²) >= 11 is 1.18. The minimum atomic E-state index is -0.462. The number of esters is 1. The maximum atomic E-state index is 13.6. The van der Waals surface area contributed by atoms with Crippen LogP contribution < -0.4 is 9.64 Å².